The molecule has 1 rings (SSSR count). The summed E-state index contributed by atoms with van der Waals surface area (Å²) in [6.45, 7) is 0. The molecule has 0 saturated heterocycles. The first-order valence-electron chi connectivity index (χ1n) is 3.69. The number of nitrogens with zero attached hydrogens (tertiary/aromatic N) is 1. The Kier molecular flexibility index (Phi) is 3.21. The SMILES string of the molecule is COc1cc(F)c([N+](=O)[O-])cc1C(=O)Cl. The number of halogens is 2. The van der Waals surface area contributed by atoms with Crippen molar-refractivity contribution in [2.75, 3.05) is 7.11 Å². The summed E-state index contributed by atoms with van der Waals surface area (Å²) in [5.74, 6) is -1.23. The second-order valence-corrected chi connectivity index (χ2v) is 2.88. The first kappa shape index (κ1) is 11.4. The standard InChI is InChI=1S/C8H5ClFNO4/c1-15-7-3-5(10)6(11(13)14)2-4(7)8(9)12/h2-3H,1H3. The summed E-state index contributed by atoms with van der Waals surface area (Å²) >= 11 is 5.15. The van der Waals surface area contributed by atoms with Crippen molar-refractivity contribution in [3.05, 3.63) is 33.6 Å². The molecule has 0 aliphatic heterocycles. The van der Waals surface area contributed by atoms with Crippen molar-refractivity contribution < 1.29 is 18.8 Å². The van der Waals surface area contributed by atoms with Crippen LogP contribution >= 0.6 is 11.6 Å². The highest BCUT2D eigenvalue weighted by molar-refractivity contribution is 6.68. The summed E-state index contributed by atoms with van der Waals surface area (Å²) in [5, 5.41) is 9.42. The van der Waals surface area contributed by atoms with Crippen LogP contribution in [0.3, 0.4) is 0 Å². The Labute approximate surface area is 88.6 Å². The molecule has 80 valence electrons. The predicted molar refractivity (Wildman–Crippen MR) is 49.8 cm³/mol. The van der Waals surface area contributed by atoms with E-state index in [1.54, 1.807) is 0 Å². The van der Waals surface area contributed by atoms with E-state index in [4.69, 9.17) is 11.6 Å². The van der Waals surface area contributed by atoms with Crippen LogP contribution in [0.2, 0.25) is 0 Å². The van der Waals surface area contributed by atoms with E-state index < -0.39 is 21.7 Å². The lowest BCUT2D eigenvalue weighted by Gasteiger charge is -2.04. The average molecular weight is 234 g/mol. The molecule has 1 aromatic carbocycles. The average Bonchev–Trinajstić information content (AvgIpc) is 2.16. The van der Waals surface area contributed by atoms with Gasteiger partial charge in [-0.1, -0.05) is 0 Å². The molecule has 0 amide bonds. The summed E-state index contributed by atoms with van der Waals surface area (Å²) in [5.41, 5.74) is -1.06. The summed E-state index contributed by atoms with van der Waals surface area (Å²) in [6, 6.07) is 1.48. The Morgan fingerprint density at radius 1 is 1.60 bits per heavy atom. The topological polar surface area (TPSA) is 69.4 Å². The largest absolute Gasteiger partial charge is 0.496 e. The molecule has 1 aromatic rings. The van der Waals surface area contributed by atoms with Crippen LogP contribution in [0.25, 0.3) is 0 Å². The van der Waals surface area contributed by atoms with Crippen molar-refractivity contribution in [3.8, 4) is 5.75 Å². The van der Waals surface area contributed by atoms with Gasteiger partial charge in [-0.2, -0.15) is 4.39 Å². The normalized spacial score (nSPS) is 9.80. The Hall–Kier alpha value is -1.69. The Balaban J connectivity index is 3.43. The highest BCUT2D eigenvalue weighted by Gasteiger charge is 2.21. The van der Waals surface area contributed by atoms with Crippen LogP contribution in [0.5, 0.6) is 5.75 Å². The Morgan fingerprint density at radius 3 is 2.60 bits per heavy atom. The molecular formula is C8H5ClFNO4. The second-order valence-electron chi connectivity index (χ2n) is 2.53. The first-order chi connectivity index (χ1) is 6.97. The van der Waals surface area contributed by atoms with Crippen LogP contribution in [-0.2, 0) is 0 Å². The van der Waals surface area contributed by atoms with Crippen LogP contribution in [0.4, 0.5) is 10.1 Å². The smallest absolute Gasteiger partial charge is 0.305 e. The third kappa shape index (κ3) is 2.21. The highest BCUT2D eigenvalue weighted by atomic mass is 35.5. The van der Waals surface area contributed by atoms with Crippen molar-refractivity contribution in [2.45, 2.75) is 0 Å². The van der Waals surface area contributed by atoms with E-state index in [9.17, 15) is 19.3 Å². The van der Waals surface area contributed by atoms with E-state index in [1.807, 2.05) is 0 Å². The number of hydrogen-bond acceptors (Lipinski definition) is 4. The van der Waals surface area contributed by atoms with Crippen molar-refractivity contribution in [2.24, 2.45) is 0 Å². The minimum atomic E-state index is -1.08. The predicted octanol–water partition coefficient (Wildman–Crippen LogP) is 2.12. The van der Waals surface area contributed by atoms with Gasteiger partial charge in [0.25, 0.3) is 5.24 Å². The van der Waals surface area contributed by atoms with Crippen molar-refractivity contribution >= 4 is 22.5 Å². The molecule has 0 N–H and O–H groups in total. The first-order valence-corrected chi connectivity index (χ1v) is 4.07. The number of carbonyl (C=O) groups is 1. The maximum absolute atomic E-state index is 13.1. The van der Waals surface area contributed by atoms with Gasteiger partial charge in [0.15, 0.2) is 0 Å². The molecule has 0 unspecified atom stereocenters. The van der Waals surface area contributed by atoms with Gasteiger partial charge in [-0.25, -0.2) is 0 Å². The molecule has 0 fully saturated rings. The fourth-order valence-corrected chi connectivity index (χ4v) is 1.15. The van der Waals surface area contributed by atoms with Crippen molar-refractivity contribution in [1.29, 1.82) is 0 Å². The summed E-state index contributed by atoms with van der Waals surface area (Å²) in [4.78, 5) is 20.3. The van der Waals surface area contributed by atoms with Crippen molar-refractivity contribution in [3.63, 3.8) is 0 Å². The number of nitro benzene ring substituents is 1. The second kappa shape index (κ2) is 4.22. The number of rotatable bonds is 3. The third-order valence-corrected chi connectivity index (χ3v) is 1.88. The zero-order chi connectivity index (χ0) is 11.6. The molecule has 0 bridgehead atoms. The molecule has 0 aliphatic rings. The Bertz CT molecular complexity index is 435. The fourth-order valence-electron chi connectivity index (χ4n) is 1.01. The van der Waals surface area contributed by atoms with Gasteiger partial charge in [0, 0.05) is 12.1 Å². The molecule has 0 heterocycles. The number of benzene rings is 1. The number of carbonyl (C=O) groups excluding carboxylic acids is 1. The van der Waals surface area contributed by atoms with Gasteiger partial charge in [-0.3, -0.25) is 14.9 Å². The molecule has 5 nitrogen and oxygen atoms in total. The third-order valence-electron chi connectivity index (χ3n) is 1.68. The number of ether oxygens (including phenoxy) is 1. The number of methoxy groups -OCH3 is 1. The molecule has 0 aliphatic carbocycles. The van der Waals surface area contributed by atoms with Crippen LogP contribution in [-0.4, -0.2) is 17.3 Å². The number of hydrogen-bond donors (Lipinski definition) is 0. The molecule has 0 saturated carbocycles. The monoisotopic (exact) mass is 233 g/mol. The minimum absolute atomic E-state index is 0.141. The molecule has 0 aromatic heterocycles. The molecule has 15 heavy (non-hydrogen) atoms. The van der Waals surface area contributed by atoms with E-state index in [0.29, 0.717) is 0 Å². The quantitative estimate of drug-likeness (QED) is 0.456. The lowest BCUT2D eigenvalue weighted by Crippen LogP contribution is -2.00. The van der Waals surface area contributed by atoms with E-state index in [2.05, 4.69) is 4.74 Å². The van der Waals surface area contributed by atoms with Crippen LogP contribution < -0.4 is 4.74 Å². The maximum Gasteiger partial charge on any atom is 0.305 e. The van der Waals surface area contributed by atoms with Crippen LogP contribution in [0.1, 0.15) is 10.4 Å². The van der Waals surface area contributed by atoms with Gasteiger partial charge in [0.2, 0.25) is 5.82 Å². The maximum atomic E-state index is 13.1. The van der Waals surface area contributed by atoms with E-state index in [0.717, 1.165) is 12.1 Å². The van der Waals surface area contributed by atoms with E-state index in [1.165, 1.54) is 7.11 Å². The summed E-state index contributed by atoms with van der Waals surface area (Å²) < 4.78 is 17.7. The highest BCUT2D eigenvalue weighted by Crippen LogP contribution is 2.28. The van der Waals surface area contributed by atoms with Crippen LogP contribution in [0.15, 0.2) is 12.1 Å². The van der Waals surface area contributed by atoms with E-state index >= 15 is 0 Å². The van der Waals surface area contributed by atoms with E-state index in [-0.39, 0.29) is 11.3 Å². The van der Waals surface area contributed by atoms with Gasteiger partial charge in [0.05, 0.1) is 17.6 Å². The summed E-state index contributed by atoms with van der Waals surface area (Å²) in [7, 11) is 1.20. The lowest BCUT2D eigenvalue weighted by molar-refractivity contribution is -0.387. The van der Waals surface area contributed by atoms with Gasteiger partial charge in [-0.15, -0.1) is 0 Å². The Morgan fingerprint density at radius 2 is 2.20 bits per heavy atom. The molecular weight excluding hydrogens is 229 g/mol. The molecule has 0 radical (unpaired) electrons. The van der Waals surface area contributed by atoms with Gasteiger partial charge >= 0.3 is 5.69 Å². The van der Waals surface area contributed by atoms with Gasteiger partial charge in [-0.05, 0) is 11.6 Å². The number of nitro groups is 1. The fraction of sp³-hybridized carbons (Fsp3) is 0.125. The zero-order valence-electron chi connectivity index (χ0n) is 7.49. The molecule has 0 spiro atoms. The molecule has 7 heteroatoms. The van der Waals surface area contributed by atoms with Crippen LogP contribution in [0, 0.1) is 15.9 Å². The molecule has 0 atom stereocenters. The summed E-state index contributed by atoms with van der Waals surface area (Å²) in [6.07, 6.45) is 0. The lowest BCUT2D eigenvalue weighted by atomic mass is 10.2. The zero-order valence-corrected chi connectivity index (χ0v) is 8.25. The van der Waals surface area contributed by atoms with Gasteiger partial charge in [0.1, 0.15) is 5.75 Å². The minimum Gasteiger partial charge on any atom is -0.496 e. The van der Waals surface area contributed by atoms with Crippen molar-refractivity contribution in [1.82, 2.24) is 0 Å². The van der Waals surface area contributed by atoms with Gasteiger partial charge < -0.3 is 4.74 Å².